The highest BCUT2D eigenvalue weighted by molar-refractivity contribution is 4.85. The lowest BCUT2D eigenvalue weighted by Crippen LogP contribution is -2.31. The van der Waals surface area contributed by atoms with Crippen LogP contribution in [0.1, 0.15) is 19.1 Å². The van der Waals surface area contributed by atoms with E-state index >= 15 is 0 Å². The maximum Gasteiger partial charge on any atom is 0.330 e. The van der Waals surface area contributed by atoms with Crippen LogP contribution in [0.2, 0.25) is 0 Å². The van der Waals surface area contributed by atoms with Crippen LogP contribution in [-0.4, -0.2) is 23.0 Å². The second kappa shape index (κ2) is 4.00. The van der Waals surface area contributed by atoms with Crippen LogP contribution < -0.4 is 11.2 Å². The topological polar surface area (TPSA) is 73.3 Å². The molecule has 6 heteroatoms. The molecule has 0 radical (unpaired) electrons. The summed E-state index contributed by atoms with van der Waals surface area (Å²) < 4.78 is 11.8. The van der Waals surface area contributed by atoms with Gasteiger partial charge < -0.3 is 9.47 Å². The van der Waals surface area contributed by atoms with Crippen molar-refractivity contribution >= 4 is 0 Å². The lowest BCUT2D eigenvalue weighted by atomic mass is 10.3. The summed E-state index contributed by atoms with van der Waals surface area (Å²) >= 11 is 0. The Hall–Kier alpha value is -1.40. The summed E-state index contributed by atoms with van der Waals surface area (Å²) in [5, 5.41) is 0. The SMILES string of the molecule is COC1CCC(n2ccc(=O)[nH]c2=O)O1. The average molecular weight is 212 g/mol. The van der Waals surface area contributed by atoms with Crippen LogP contribution in [-0.2, 0) is 9.47 Å². The number of H-pyrrole nitrogens is 1. The molecular weight excluding hydrogens is 200 g/mol. The van der Waals surface area contributed by atoms with Crippen molar-refractivity contribution in [1.82, 2.24) is 9.55 Å². The van der Waals surface area contributed by atoms with Crippen LogP contribution in [0.15, 0.2) is 21.9 Å². The van der Waals surface area contributed by atoms with Gasteiger partial charge in [-0.3, -0.25) is 14.3 Å². The predicted molar refractivity (Wildman–Crippen MR) is 51.5 cm³/mol. The van der Waals surface area contributed by atoms with Crippen molar-refractivity contribution in [3.63, 3.8) is 0 Å². The fraction of sp³-hybridized carbons (Fsp3) is 0.556. The summed E-state index contributed by atoms with van der Waals surface area (Å²) in [5.41, 5.74) is -0.859. The van der Waals surface area contributed by atoms with Gasteiger partial charge >= 0.3 is 5.69 Å². The monoisotopic (exact) mass is 212 g/mol. The predicted octanol–water partition coefficient (Wildman–Crippen LogP) is -0.182. The highest BCUT2D eigenvalue weighted by Crippen LogP contribution is 2.26. The highest BCUT2D eigenvalue weighted by Gasteiger charge is 2.26. The second-order valence-corrected chi connectivity index (χ2v) is 3.35. The van der Waals surface area contributed by atoms with Gasteiger partial charge in [0.2, 0.25) is 0 Å². The first-order valence-electron chi connectivity index (χ1n) is 4.70. The largest absolute Gasteiger partial charge is 0.356 e. The van der Waals surface area contributed by atoms with Gasteiger partial charge in [-0.05, 0) is 6.42 Å². The van der Waals surface area contributed by atoms with Crippen molar-refractivity contribution in [3.05, 3.63) is 33.1 Å². The number of hydrogen-bond acceptors (Lipinski definition) is 4. The summed E-state index contributed by atoms with van der Waals surface area (Å²) in [6.45, 7) is 0. The Balaban J connectivity index is 2.24. The molecular formula is C9H12N2O4. The van der Waals surface area contributed by atoms with E-state index in [0.29, 0.717) is 6.42 Å². The standard InChI is InChI=1S/C9H12N2O4/c1-14-8-3-2-7(15-8)11-5-4-6(12)10-9(11)13/h4-5,7-8H,2-3H2,1H3,(H,10,12,13). The minimum absolute atomic E-state index is 0.270. The van der Waals surface area contributed by atoms with E-state index in [4.69, 9.17) is 9.47 Å². The first-order chi connectivity index (χ1) is 7.20. The van der Waals surface area contributed by atoms with Crippen LogP contribution in [0.25, 0.3) is 0 Å². The molecule has 1 fully saturated rings. The Kier molecular flexibility index (Phi) is 2.70. The van der Waals surface area contributed by atoms with Gasteiger partial charge in [0.1, 0.15) is 6.23 Å². The Labute approximate surface area is 85.4 Å². The molecule has 1 N–H and O–H groups in total. The van der Waals surface area contributed by atoms with E-state index in [2.05, 4.69) is 4.98 Å². The van der Waals surface area contributed by atoms with Crippen LogP contribution >= 0.6 is 0 Å². The fourth-order valence-electron chi connectivity index (χ4n) is 1.62. The molecule has 2 heterocycles. The first kappa shape index (κ1) is 10.1. The van der Waals surface area contributed by atoms with Gasteiger partial charge in [0.25, 0.3) is 5.56 Å². The zero-order chi connectivity index (χ0) is 10.8. The van der Waals surface area contributed by atoms with Crippen LogP contribution in [0.5, 0.6) is 0 Å². The summed E-state index contributed by atoms with van der Waals surface area (Å²) in [5.74, 6) is 0. The summed E-state index contributed by atoms with van der Waals surface area (Å²) in [7, 11) is 1.56. The van der Waals surface area contributed by atoms with Gasteiger partial charge in [0.05, 0.1) is 0 Å². The normalized spacial score (nSPS) is 25.7. The molecule has 1 aromatic heterocycles. The number of nitrogens with one attached hydrogen (secondary N) is 1. The molecule has 0 aliphatic carbocycles. The van der Waals surface area contributed by atoms with E-state index < -0.39 is 11.2 Å². The molecule has 1 aliphatic rings. The van der Waals surface area contributed by atoms with Crippen molar-refractivity contribution < 1.29 is 9.47 Å². The molecule has 1 aromatic rings. The van der Waals surface area contributed by atoms with Crippen molar-refractivity contribution in [3.8, 4) is 0 Å². The Bertz CT molecular complexity index is 450. The number of hydrogen-bond donors (Lipinski definition) is 1. The van der Waals surface area contributed by atoms with Crippen molar-refractivity contribution in [2.45, 2.75) is 25.4 Å². The minimum Gasteiger partial charge on any atom is -0.356 e. The molecule has 0 amide bonds. The van der Waals surface area contributed by atoms with E-state index in [9.17, 15) is 9.59 Å². The molecule has 2 unspecified atom stereocenters. The molecule has 2 rings (SSSR count). The molecule has 2 atom stereocenters. The van der Waals surface area contributed by atoms with Crippen molar-refractivity contribution in [2.75, 3.05) is 7.11 Å². The molecule has 6 nitrogen and oxygen atoms in total. The number of aromatic nitrogens is 2. The lowest BCUT2D eigenvalue weighted by Gasteiger charge is -2.13. The Morgan fingerprint density at radius 1 is 1.53 bits per heavy atom. The molecule has 1 aliphatic heterocycles. The van der Waals surface area contributed by atoms with Gasteiger partial charge in [-0.25, -0.2) is 4.79 Å². The Morgan fingerprint density at radius 3 is 2.93 bits per heavy atom. The quantitative estimate of drug-likeness (QED) is 0.738. The summed E-state index contributed by atoms with van der Waals surface area (Å²) in [6, 6.07) is 1.30. The van der Waals surface area contributed by atoms with E-state index in [1.54, 1.807) is 7.11 Å². The number of ether oxygens (including phenoxy) is 2. The zero-order valence-electron chi connectivity index (χ0n) is 8.30. The highest BCUT2D eigenvalue weighted by atomic mass is 16.7. The molecule has 0 saturated carbocycles. The van der Waals surface area contributed by atoms with Crippen LogP contribution in [0, 0.1) is 0 Å². The fourth-order valence-corrected chi connectivity index (χ4v) is 1.62. The van der Waals surface area contributed by atoms with Gasteiger partial charge in [-0.1, -0.05) is 0 Å². The number of methoxy groups -OCH3 is 1. The van der Waals surface area contributed by atoms with Gasteiger partial charge in [0.15, 0.2) is 6.29 Å². The maximum atomic E-state index is 11.4. The first-order valence-corrected chi connectivity index (χ1v) is 4.70. The van der Waals surface area contributed by atoms with Gasteiger partial charge in [0, 0.05) is 25.8 Å². The molecule has 0 spiro atoms. The van der Waals surface area contributed by atoms with E-state index in [1.807, 2.05) is 0 Å². The average Bonchev–Trinajstić information content (AvgIpc) is 2.66. The number of nitrogens with zero attached hydrogens (tertiary/aromatic N) is 1. The van der Waals surface area contributed by atoms with Gasteiger partial charge in [-0.2, -0.15) is 0 Å². The van der Waals surface area contributed by atoms with E-state index in [1.165, 1.54) is 16.8 Å². The number of rotatable bonds is 2. The van der Waals surface area contributed by atoms with Crippen LogP contribution in [0.3, 0.4) is 0 Å². The summed E-state index contributed by atoms with van der Waals surface area (Å²) in [4.78, 5) is 24.4. The maximum absolute atomic E-state index is 11.4. The van der Waals surface area contributed by atoms with E-state index in [-0.39, 0.29) is 12.5 Å². The lowest BCUT2D eigenvalue weighted by molar-refractivity contribution is -0.134. The molecule has 0 bridgehead atoms. The second-order valence-electron chi connectivity index (χ2n) is 3.35. The smallest absolute Gasteiger partial charge is 0.330 e. The third kappa shape index (κ3) is 2.00. The molecule has 82 valence electrons. The van der Waals surface area contributed by atoms with Gasteiger partial charge in [-0.15, -0.1) is 0 Å². The minimum atomic E-state index is -0.454. The zero-order valence-corrected chi connectivity index (χ0v) is 8.30. The number of aromatic amines is 1. The third-order valence-corrected chi connectivity index (χ3v) is 2.38. The van der Waals surface area contributed by atoms with E-state index in [0.717, 1.165) is 6.42 Å². The van der Waals surface area contributed by atoms with Crippen molar-refractivity contribution in [2.24, 2.45) is 0 Å². The third-order valence-electron chi connectivity index (χ3n) is 2.38. The Morgan fingerprint density at radius 2 is 2.33 bits per heavy atom. The van der Waals surface area contributed by atoms with Crippen molar-refractivity contribution in [1.29, 1.82) is 0 Å². The van der Waals surface area contributed by atoms with Crippen LogP contribution in [0.4, 0.5) is 0 Å². The molecule has 0 aromatic carbocycles. The molecule has 1 saturated heterocycles. The molecule has 15 heavy (non-hydrogen) atoms. The summed E-state index contributed by atoms with van der Waals surface area (Å²) in [6.07, 6.45) is 2.26.